The van der Waals surface area contributed by atoms with E-state index in [1.807, 2.05) is 31.2 Å². The van der Waals surface area contributed by atoms with Crippen LogP contribution in [0.15, 0.2) is 24.3 Å². The molecule has 2 N–H and O–H groups in total. The van der Waals surface area contributed by atoms with E-state index in [0.717, 1.165) is 11.4 Å². The Morgan fingerprint density at radius 2 is 1.85 bits per heavy atom. The summed E-state index contributed by atoms with van der Waals surface area (Å²) < 4.78 is 31.9. The van der Waals surface area contributed by atoms with Crippen molar-refractivity contribution >= 4 is 21.6 Å². The topological polar surface area (TPSA) is 84.5 Å². The summed E-state index contributed by atoms with van der Waals surface area (Å²) in [5.74, 6) is 0.613. The zero-order valence-corrected chi connectivity index (χ0v) is 16.9. The first-order valence-corrected chi connectivity index (χ1v) is 10.7. The fourth-order valence-corrected chi connectivity index (χ4v) is 3.97. The Hall–Kier alpha value is -1.60. The summed E-state index contributed by atoms with van der Waals surface area (Å²) in [5, 5.41) is 2.94. The van der Waals surface area contributed by atoms with E-state index in [2.05, 4.69) is 10.0 Å². The molecule has 1 aliphatic carbocycles. The van der Waals surface area contributed by atoms with Crippen molar-refractivity contribution in [3.8, 4) is 5.75 Å². The van der Waals surface area contributed by atoms with E-state index < -0.39 is 14.8 Å². The number of hydrogen-bond donors (Lipinski definition) is 2. The van der Waals surface area contributed by atoms with Gasteiger partial charge in [0.25, 0.3) is 0 Å². The van der Waals surface area contributed by atoms with E-state index in [0.29, 0.717) is 32.3 Å². The van der Waals surface area contributed by atoms with Gasteiger partial charge in [0.2, 0.25) is 15.9 Å². The molecule has 1 aromatic carbocycles. The van der Waals surface area contributed by atoms with Gasteiger partial charge in [-0.15, -0.1) is 0 Å². The largest absolute Gasteiger partial charge is 0.494 e. The van der Waals surface area contributed by atoms with Crippen molar-refractivity contribution in [3.05, 3.63) is 24.3 Å². The molecule has 26 heavy (non-hydrogen) atoms. The first-order valence-electron chi connectivity index (χ1n) is 9.18. The molecule has 6 nitrogen and oxygen atoms in total. The normalized spacial score (nSPS) is 21.2. The molecule has 0 atom stereocenters. The van der Waals surface area contributed by atoms with Crippen molar-refractivity contribution in [2.24, 2.45) is 5.92 Å². The van der Waals surface area contributed by atoms with Gasteiger partial charge in [0.1, 0.15) is 5.75 Å². The summed E-state index contributed by atoms with van der Waals surface area (Å²) in [6.45, 7) is 7.55. The molecule has 146 valence electrons. The third kappa shape index (κ3) is 5.45. The van der Waals surface area contributed by atoms with Gasteiger partial charge in [-0.05, 0) is 65.5 Å². The molecule has 0 aliphatic heterocycles. The second kappa shape index (κ2) is 8.39. The van der Waals surface area contributed by atoms with Gasteiger partial charge >= 0.3 is 0 Å². The number of nitrogens with one attached hydrogen (secondary N) is 2. The summed E-state index contributed by atoms with van der Waals surface area (Å²) in [4.78, 5) is 12.5. The van der Waals surface area contributed by atoms with Crippen molar-refractivity contribution in [1.29, 1.82) is 0 Å². The summed E-state index contributed by atoms with van der Waals surface area (Å²) in [6, 6.07) is 7.25. The van der Waals surface area contributed by atoms with E-state index in [4.69, 9.17) is 4.74 Å². The molecule has 0 spiro atoms. The third-order valence-electron chi connectivity index (χ3n) is 4.64. The SMILES string of the molecule is CCOc1cccc(NC(=O)[C@H]2CC[C@H](NS(=O)(=O)C(C)(C)C)CC2)c1. The molecule has 0 unspecified atom stereocenters. The molecular formula is C19H30N2O4S. The quantitative estimate of drug-likeness (QED) is 0.791. The Kier molecular flexibility index (Phi) is 6.69. The van der Waals surface area contributed by atoms with Crippen LogP contribution in [0.25, 0.3) is 0 Å². The maximum absolute atomic E-state index is 12.5. The average Bonchev–Trinajstić information content (AvgIpc) is 2.54. The van der Waals surface area contributed by atoms with Crippen LogP contribution < -0.4 is 14.8 Å². The second-order valence-corrected chi connectivity index (χ2v) is 10.2. The highest BCUT2D eigenvalue weighted by Crippen LogP contribution is 2.28. The van der Waals surface area contributed by atoms with Crippen LogP contribution in [0.3, 0.4) is 0 Å². The molecule has 0 bridgehead atoms. The van der Waals surface area contributed by atoms with Crippen LogP contribution >= 0.6 is 0 Å². The number of carbonyl (C=O) groups is 1. The summed E-state index contributed by atoms with van der Waals surface area (Å²) in [5.41, 5.74) is 0.719. The lowest BCUT2D eigenvalue weighted by molar-refractivity contribution is -0.120. The highest BCUT2D eigenvalue weighted by Gasteiger charge is 2.34. The molecule has 2 rings (SSSR count). The first-order chi connectivity index (χ1) is 12.1. The third-order valence-corrected chi connectivity index (χ3v) is 6.89. The number of amides is 1. The monoisotopic (exact) mass is 382 g/mol. The van der Waals surface area contributed by atoms with Gasteiger partial charge in [-0.25, -0.2) is 13.1 Å². The molecule has 1 aliphatic rings. The van der Waals surface area contributed by atoms with Crippen molar-refractivity contribution in [1.82, 2.24) is 4.72 Å². The van der Waals surface area contributed by atoms with Gasteiger partial charge in [0, 0.05) is 23.7 Å². The van der Waals surface area contributed by atoms with Crippen LogP contribution in [-0.4, -0.2) is 31.7 Å². The number of sulfonamides is 1. The lowest BCUT2D eigenvalue weighted by atomic mass is 9.86. The smallest absolute Gasteiger partial charge is 0.227 e. The molecule has 0 radical (unpaired) electrons. The maximum atomic E-state index is 12.5. The van der Waals surface area contributed by atoms with Crippen LogP contribution in [-0.2, 0) is 14.8 Å². The van der Waals surface area contributed by atoms with E-state index in [9.17, 15) is 13.2 Å². The van der Waals surface area contributed by atoms with E-state index in [1.165, 1.54) is 0 Å². The lowest BCUT2D eigenvalue weighted by Gasteiger charge is -2.30. The number of anilines is 1. The minimum atomic E-state index is -3.36. The Morgan fingerprint density at radius 1 is 1.19 bits per heavy atom. The number of benzene rings is 1. The minimum Gasteiger partial charge on any atom is -0.494 e. The lowest BCUT2D eigenvalue weighted by Crippen LogP contribution is -2.46. The molecule has 1 aromatic rings. The van der Waals surface area contributed by atoms with Crippen LogP contribution in [0.5, 0.6) is 5.75 Å². The van der Waals surface area contributed by atoms with Gasteiger partial charge in [-0.2, -0.15) is 0 Å². The van der Waals surface area contributed by atoms with Gasteiger partial charge in [-0.3, -0.25) is 4.79 Å². The van der Waals surface area contributed by atoms with E-state index >= 15 is 0 Å². The molecule has 1 fully saturated rings. The highest BCUT2D eigenvalue weighted by molar-refractivity contribution is 7.90. The van der Waals surface area contributed by atoms with E-state index in [-0.39, 0.29) is 17.9 Å². The molecule has 1 saturated carbocycles. The van der Waals surface area contributed by atoms with Gasteiger partial charge in [0.15, 0.2) is 0 Å². The van der Waals surface area contributed by atoms with Crippen LogP contribution in [0, 0.1) is 5.92 Å². The minimum absolute atomic E-state index is 0.0178. The number of hydrogen-bond acceptors (Lipinski definition) is 4. The summed E-state index contributed by atoms with van der Waals surface area (Å²) >= 11 is 0. The maximum Gasteiger partial charge on any atom is 0.227 e. The summed E-state index contributed by atoms with van der Waals surface area (Å²) in [6.07, 6.45) is 2.70. The Bertz CT molecular complexity index is 717. The number of ether oxygens (including phenoxy) is 1. The number of carbonyl (C=O) groups excluding carboxylic acids is 1. The van der Waals surface area contributed by atoms with E-state index in [1.54, 1.807) is 20.8 Å². The highest BCUT2D eigenvalue weighted by atomic mass is 32.2. The average molecular weight is 383 g/mol. The molecule has 0 heterocycles. The molecule has 0 aromatic heterocycles. The van der Waals surface area contributed by atoms with Gasteiger partial charge in [-0.1, -0.05) is 6.07 Å². The van der Waals surface area contributed by atoms with Crippen LogP contribution in [0.2, 0.25) is 0 Å². The van der Waals surface area contributed by atoms with Gasteiger partial charge in [0.05, 0.1) is 11.4 Å². The Labute approximate surface area is 156 Å². The zero-order valence-electron chi connectivity index (χ0n) is 16.0. The predicted molar refractivity (Wildman–Crippen MR) is 104 cm³/mol. The zero-order chi connectivity index (χ0) is 19.4. The molecule has 7 heteroatoms. The molecule has 0 saturated heterocycles. The predicted octanol–water partition coefficient (Wildman–Crippen LogP) is 3.30. The summed E-state index contributed by atoms with van der Waals surface area (Å²) in [7, 11) is -3.36. The van der Waals surface area contributed by atoms with Crippen LogP contribution in [0.4, 0.5) is 5.69 Å². The number of rotatable bonds is 6. The second-order valence-electron chi connectivity index (χ2n) is 7.73. The first kappa shape index (κ1) is 20.7. The van der Waals surface area contributed by atoms with Crippen molar-refractivity contribution < 1.29 is 17.9 Å². The fourth-order valence-electron chi connectivity index (χ4n) is 2.94. The van der Waals surface area contributed by atoms with Crippen molar-refractivity contribution in [2.45, 2.75) is 64.2 Å². The Balaban J connectivity index is 1.88. The van der Waals surface area contributed by atoms with Crippen molar-refractivity contribution in [3.63, 3.8) is 0 Å². The molecule has 1 amide bonds. The molecular weight excluding hydrogens is 352 g/mol. The van der Waals surface area contributed by atoms with Crippen LogP contribution in [0.1, 0.15) is 53.4 Å². The van der Waals surface area contributed by atoms with Gasteiger partial charge < -0.3 is 10.1 Å². The fraction of sp³-hybridized carbons (Fsp3) is 0.632. The Morgan fingerprint density at radius 3 is 2.42 bits per heavy atom. The van der Waals surface area contributed by atoms with Crippen molar-refractivity contribution in [2.75, 3.05) is 11.9 Å². The standard InChI is InChI=1S/C19H30N2O4S/c1-5-25-17-8-6-7-16(13-17)20-18(22)14-9-11-15(12-10-14)21-26(23,24)19(2,3)4/h6-8,13-15,21H,5,9-12H2,1-4H3,(H,20,22)/t14-,15-.